The van der Waals surface area contributed by atoms with Crippen LogP contribution in [0.3, 0.4) is 0 Å². The van der Waals surface area contributed by atoms with Gasteiger partial charge in [-0.2, -0.15) is 0 Å². The molecule has 1 aromatic carbocycles. The van der Waals surface area contributed by atoms with E-state index in [1.165, 1.54) is 35.8 Å². The van der Waals surface area contributed by atoms with Crippen LogP contribution >= 0.6 is 22.9 Å². The van der Waals surface area contributed by atoms with Gasteiger partial charge in [0.2, 0.25) is 5.91 Å². The highest BCUT2D eigenvalue weighted by Gasteiger charge is 2.14. The summed E-state index contributed by atoms with van der Waals surface area (Å²) < 4.78 is 9.90. The van der Waals surface area contributed by atoms with Crippen LogP contribution < -0.4 is 16.0 Å². The van der Waals surface area contributed by atoms with E-state index in [2.05, 4.69) is 20.9 Å². The highest BCUT2D eigenvalue weighted by Crippen LogP contribution is 2.22. The molecule has 3 rings (SSSR count). The number of hydrogen-bond acceptors (Lipinski definition) is 7. The van der Waals surface area contributed by atoms with E-state index in [-0.39, 0.29) is 29.0 Å². The average molecular weight is 463 g/mol. The van der Waals surface area contributed by atoms with Gasteiger partial charge in [0.1, 0.15) is 0 Å². The molecule has 0 aliphatic carbocycles. The fourth-order valence-corrected chi connectivity index (χ4v) is 3.49. The van der Waals surface area contributed by atoms with Gasteiger partial charge in [-0.1, -0.05) is 11.6 Å². The lowest BCUT2D eigenvalue weighted by Crippen LogP contribution is -2.27. The third-order valence-corrected chi connectivity index (χ3v) is 5.07. The summed E-state index contributed by atoms with van der Waals surface area (Å²) >= 11 is 7.37. The third kappa shape index (κ3) is 6.38. The minimum atomic E-state index is -0.420. The van der Waals surface area contributed by atoms with Crippen molar-refractivity contribution in [1.82, 2.24) is 10.3 Å². The summed E-state index contributed by atoms with van der Waals surface area (Å²) in [6.07, 6.45) is 1.41. The number of ether oxygens (including phenoxy) is 1. The van der Waals surface area contributed by atoms with Crippen molar-refractivity contribution in [3.05, 3.63) is 64.0 Å². The predicted octanol–water partition coefficient (Wildman–Crippen LogP) is 3.20. The maximum Gasteiger partial charge on any atom is 0.293 e. The lowest BCUT2D eigenvalue weighted by Gasteiger charge is -2.09. The summed E-state index contributed by atoms with van der Waals surface area (Å²) in [6.45, 7) is 0.754. The average Bonchev–Trinajstić information content (AvgIpc) is 3.40. The molecule has 0 unspecified atom stereocenters. The summed E-state index contributed by atoms with van der Waals surface area (Å²) in [6, 6.07) is 7.77. The number of anilines is 2. The van der Waals surface area contributed by atoms with Crippen LogP contribution in [0.15, 0.2) is 46.4 Å². The van der Waals surface area contributed by atoms with Crippen molar-refractivity contribution < 1.29 is 23.5 Å². The fraction of sp³-hybridized carbons (Fsp3) is 0.200. The minimum absolute atomic E-state index is 0.00397. The van der Waals surface area contributed by atoms with E-state index in [1.807, 2.05) is 0 Å². The Labute approximate surface area is 186 Å². The first-order valence-corrected chi connectivity index (χ1v) is 10.4. The lowest BCUT2D eigenvalue weighted by molar-refractivity contribution is -0.115. The summed E-state index contributed by atoms with van der Waals surface area (Å²) in [7, 11) is 1.54. The van der Waals surface area contributed by atoms with Gasteiger partial charge >= 0.3 is 0 Å². The largest absolute Gasteiger partial charge is 0.459 e. The Bertz CT molecular complexity index is 1070. The summed E-state index contributed by atoms with van der Waals surface area (Å²) in [4.78, 5) is 40.6. The SMILES string of the molecule is COCCNC(=O)c1ccc(NC(=O)Cc2csc(NC(=O)c3ccco3)n2)cc1Cl. The van der Waals surface area contributed by atoms with Crippen molar-refractivity contribution in [3.8, 4) is 0 Å². The molecule has 0 saturated heterocycles. The molecule has 162 valence electrons. The molecule has 9 nitrogen and oxygen atoms in total. The molecule has 2 heterocycles. The maximum absolute atomic E-state index is 12.3. The van der Waals surface area contributed by atoms with E-state index in [0.29, 0.717) is 35.2 Å². The molecule has 2 aromatic heterocycles. The van der Waals surface area contributed by atoms with E-state index < -0.39 is 5.91 Å². The highest BCUT2D eigenvalue weighted by atomic mass is 35.5. The third-order valence-electron chi connectivity index (χ3n) is 3.95. The number of furan rings is 1. The fourth-order valence-electron chi connectivity index (χ4n) is 2.52. The number of carbonyl (C=O) groups excluding carboxylic acids is 3. The monoisotopic (exact) mass is 462 g/mol. The normalized spacial score (nSPS) is 10.5. The quantitative estimate of drug-likeness (QED) is 0.420. The topological polar surface area (TPSA) is 123 Å². The predicted molar refractivity (Wildman–Crippen MR) is 117 cm³/mol. The van der Waals surface area contributed by atoms with Gasteiger partial charge in [0.25, 0.3) is 11.8 Å². The second kappa shape index (κ2) is 10.7. The lowest BCUT2D eigenvalue weighted by atomic mass is 10.2. The molecule has 11 heteroatoms. The summed E-state index contributed by atoms with van der Waals surface area (Å²) in [5.74, 6) is -0.896. The van der Waals surface area contributed by atoms with Crippen LogP contribution in [0, 0.1) is 0 Å². The minimum Gasteiger partial charge on any atom is -0.459 e. The van der Waals surface area contributed by atoms with Crippen LogP contribution in [0.2, 0.25) is 5.02 Å². The van der Waals surface area contributed by atoms with Crippen molar-refractivity contribution in [2.24, 2.45) is 0 Å². The zero-order valence-corrected chi connectivity index (χ0v) is 18.0. The molecule has 0 fully saturated rings. The first-order valence-electron chi connectivity index (χ1n) is 9.12. The Morgan fingerprint density at radius 2 is 2.03 bits per heavy atom. The molecular weight excluding hydrogens is 444 g/mol. The van der Waals surface area contributed by atoms with Crippen LogP contribution in [0.25, 0.3) is 0 Å². The summed E-state index contributed by atoms with van der Waals surface area (Å²) in [5.41, 5.74) is 1.25. The number of nitrogens with one attached hydrogen (secondary N) is 3. The van der Waals surface area contributed by atoms with Crippen LogP contribution in [-0.2, 0) is 16.0 Å². The number of benzene rings is 1. The second-order valence-electron chi connectivity index (χ2n) is 6.24. The van der Waals surface area contributed by atoms with Crippen molar-refractivity contribution in [2.45, 2.75) is 6.42 Å². The smallest absolute Gasteiger partial charge is 0.293 e. The van der Waals surface area contributed by atoms with Crippen molar-refractivity contribution in [2.75, 3.05) is 30.9 Å². The van der Waals surface area contributed by atoms with E-state index in [4.69, 9.17) is 20.8 Å². The van der Waals surface area contributed by atoms with Gasteiger partial charge in [-0.15, -0.1) is 11.3 Å². The van der Waals surface area contributed by atoms with E-state index >= 15 is 0 Å². The van der Waals surface area contributed by atoms with E-state index in [1.54, 1.807) is 24.6 Å². The molecule has 0 spiro atoms. The maximum atomic E-state index is 12.3. The Morgan fingerprint density at radius 1 is 1.19 bits per heavy atom. The van der Waals surface area contributed by atoms with Crippen molar-refractivity contribution in [1.29, 1.82) is 0 Å². The Hall–Kier alpha value is -3.21. The molecule has 0 aliphatic rings. The molecule has 0 aliphatic heterocycles. The van der Waals surface area contributed by atoms with Crippen LogP contribution in [0.5, 0.6) is 0 Å². The van der Waals surface area contributed by atoms with Gasteiger partial charge in [0.05, 0.1) is 35.6 Å². The van der Waals surface area contributed by atoms with Gasteiger partial charge in [0.15, 0.2) is 10.9 Å². The molecular formula is C20H19ClN4O5S. The number of amides is 3. The van der Waals surface area contributed by atoms with Crippen LogP contribution in [-0.4, -0.2) is 43.0 Å². The van der Waals surface area contributed by atoms with Gasteiger partial charge in [-0.3, -0.25) is 19.7 Å². The van der Waals surface area contributed by atoms with Gasteiger partial charge < -0.3 is 19.8 Å². The zero-order valence-electron chi connectivity index (χ0n) is 16.4. The zero-order chi connectivity index (χ0) is 22.2. The Kier molecular flexibility index (Phi) is 7.76. The Morgan fingerprint density at radius 3 is 2.74 bits per heavy atom. The number of carbonyl (C=O) groups is 3. The van der Waals surface area contributed by atoms with Crippen molar-refractivity contribution >= 4 is 51.5 Å². The number of halogens is 1. The molecule has 3 amide bonds. The molecule has 3 aromatic rings. The molecule has 3 N–H and O–H groups in total. The molecule has 0 saturated carbocycles. The number of rotatable bonds is 9. The first kappa shape index (κ1) is 22.5. The van der Waals surface area contributed by atoms with Gasteiger partial charge in [0, 0.05) is 24.7 Å². The standard InChI is InChI=1S/C20H19ClN4O5S/c1-29-8-6-22-18(27)14-5-4-12(9-15(14)21)23-17(26)10-13-11-31-20(24-13)25-19(28)16-3-2-7-30-16/h2-5,7,9,11H,6,8,10H2,1H3,(H,22,27)(H,23,26)(H,24,25,28). The second-order valence-corrected chi connectivity index (χ2v) is 7.51. The molecule has 0 bridgehead atoms. The van der Waals surface area contributed by atoms with Crippen LogP contribution in [0.1, 0.15) is 26.6 Å². The molecule has 0 radical (unpaired) electrons. The highest BCUT2D eigenvalue weighted by molar-refractivity contribution is 7.14. The summed E-state index contributed by atoms with van der Waals surface area (Å²) in [5, 5.41) is 10.2. The molecule has 31 heavy (non-hydrogen) atoms. The number of hydrogen-bond donors (Lipinski definition) is 3. The van der Waals surface area contributed by atoms with E-state index in [0.717, 1.165) is 0 Å². The number of thiazole rings is 1. The Balaban J connectivity index is 1.54. The van der Waals surface area contributed by atoms with Crippen LogP contribution in [0.4, 0.5) is 10.8 Å². The molecule has 0 atom stereocenters. The number of methoxy groups -OCH3 is 1. The van der Waals surface area contributed by atoms with Gasteiger partial charge in [-0.25, -0.2) is 4.98 Å². The van der Waals surface area contributed by atoms with E-state index in [9.17, 15) is 14.4 Å². The van der Waals surface area contributed by atoms with Gasteiger partial charge in [-0.05, 0) is 30.3 Å². The first-order chi connectivity index (χ1) is 15.0. The number of nitrogens with zero attached hydrogens (tertiary/aromatic N) is 1. The number of aromatic nitrogens is 1. The van der Waals surface area contributed by atoms with Crippen molar-refractivity contribution in [3.63, 3.8) is 0 Å².